The number of aliphatic imine (C=N–C) groups is 1. The molecule has 2 unspecified atom stereocenters. The SMILES string of the molecule is CCCN1C(=O)C(NC(=O)Nc2ccc3c(c2)CCC3)N=C(C2CC(C)(C)CCN2)c2ccccc21.Cl. The van der Waals surface area contributed by atoms with Crippen molar-refractivity contribution in [3.63, 3.8) is 0 Å². The third-order valence-electron chi connectivity index (χ3n) is 7.59. The van der Waals surface area contributed by atoms with Crippen LogP contribution >= 0.6 is 12.4 Å². The van der Waals surface area contributed by atoms with Crippen molar-refractivity contribution in [2.75, 3.05) is 23.3 Å². The lowest BCUT2D eigenvalue weighted by atomic mass is 9.77. The first-order valence-corrected chi connectivity index (χ1v) is 13.3. The van der Waals surface area contributed by atoms with E-state index in [1.165, 1.54) is 11.1 Å². The van der Waals surface area contributed by atoms with Gasteiger partial charge in [-0.2, -0.15) is 0 Å². The van der Waals surface area contributed by atoms with Crippen molar-refractivity contribution in [2.24, 2.45) is 10.4 Å². The molecule has 2 atom stereocenters. The number of rotatable bonds is 5. The summed E-state index contributed by atoms with van der Waals surface area (Å²) in [5.41, 5.74) is 6.20. The molecule has 37 heavy (non-hydrogen) atoms. The Hall–Kier alpha value is -2.90. The molecule has 2 heterocycles. The monoisotopic (exact) mass is 523 g/mol. The van der Waals surface area contributed by atoms with Crippen molar-refractivity contribution in [2.45, 2.75) is 71.5 Å². The quantitative estimate of drug-likeness (QED) is 0.511. The fourth-order valence-corrected chi connectivity index (χ4v) is 5.73. The predicted octanol–water partition coefficient (Wildman–Crippen LogP) is 5.07. The number of para-hydroxylation sites is 1. The van der Waals surface area contributed by atoms with E-state index in [1.54, 1.807) is 4.90 Å². The number of nitrogens with zero attached hydrogens (tertiary/aromatic N) is 2. The topological polar surface area (TPSA) is 85.8 Å². The van der Waals surface area contributed by atoms with Gasteiger partial charge in [0.25, 0.3) is 5.91 Å². The molecule has 2 aromatic carbocycles. The Morgan fingerprint density at radius 2 is 1.95 bits per heavy atom. The number of aryl methyl sites for hydroxylation is 2. The molecule has 5 rings (SSSR count). The molecule has 3 aliphatic rings. The summed E-state index contributed by atoms with van der Waals surface area (Å²) in [4.78, 5) is 33.6. The number of urea groups is 1. The van der Waals surface area contributed by atoms with E-state index in [2.05, 4.69) is 42.8 Å². The van der Waals surface area contributed by atoms with E-state index in [1.807, 2.05) is 36.4 Å². The molecule has 0 aromatic heterocycles. The fraction of sp³-hybridized carbons (Fsp3) is 0.483. The number of piperidine rings is 1. The number of anilines is 2. The molecule has 1 aliphatic carbocycles. The second-order valence-electron chi connectivity index (χ2n) is 11.0. The van der Waals surface area contributed by atoms with Crippen LogP contribution in [0.1, 0.15) is 63.1 Å². The molecular formula is C29H38ClN5O2. The maximum atomic E-state index is 13.8. The highest BCUT2D eigenvalue weighted by atomic mass is 35.5. The largest absolute Gasteiger partial charge is 0.321 e. The van der Waals surface area contributed by atoms with Crippen molar-refractivity contribution < 1.29 is 9.59 Å². The van der Waals surface area contributed by atoms with Gasteiger partial charge in [0.2, 0.25) is 6.17 Å². The van der Waals surface area contributed by atoms with E-state index in [4.69, 9.17) is 4.99 Å². The number of fused-ring (bicyclic) bond motifs is 2. The van der Waals surface area contributed by atoms with Crippen LogP contribution in [0.25, 0.3) is 0 Å². The molecule has 8 heteroatoms. The van der Waals surface area contributed by atoms with Gasteiger partial charge in [0.1, 0.15) is 0 Å². The lowest BCUT2D eigenvalue weighted by Gasteiger charge is -2.37. The number of carbonyl (C=O) groups excluding carboxylic acids is 2. The van der Waals surface area contributed by atoms with Gasteiger partial charge in [-0.05, 0) is 79.8 Å². The van der Waals surface area contributed by atoms with Gasteiger partial charge in [-0.1, -0.05) is 45.0 Å². The summed E-state index contributed by atoms with van der Waals surface area (Å²) in [6.07, 6.45) is 5.09. The van der Waals surface area contributed by atoms with E-state index in [9.17, 15) is 9.59 Å². The predicted molar refractivity (Wildman–Crippen MR) is 152 cm³/mol. The van der Waals surface area contributed by atoms with Gasteiger partial charge in [-0.15, -0.1) is 12.4 Å². The molecule has 7 nitrogen and oxygen atoms in total. The van der Waals surface area contributed by atoms with E-state index in [0.717, 1.165) is 67.7 Å². The van der Waals surface area contributed by atoms with Crippen LogP contribution in [0.2, 0.25) is 0 Å². The minimum Gasteiger partial charge on any atom is -0.309 e. The van der Waals surface area contributed by atoms with Gasteiger partial charge in [0.15, 0.2) is 0 Å². The summed E-state index contributed by atoms with van der Waals surface area (Å²) in [6.45, 7) is 8.06. The van der Waals surface area contributed by atoms with Gasteiger partial charge in [-0.25, -0.2) is 4.79 Å². The van der Waals surface area contributed by atoms with Crippen molar-refractivity contribution in [3.8, 4) is 0 Å². The number of benzene rings is 2. The van der Waals surface area contributed by atoms with Crippen LogP contribution in [-0.2, 0) is 17.6 Å². The number of carbonyl (C=O) groups is 2. The Balaban J connectivity index is 0.00000320. The van der Waals surface area contributed by atoms with E-state index < -0.39 is 12.2 Å². The van der Waals surface area contributed by atoms with Crippen LogP contribution in [0.5, 0.6) is 0 Å². The second-order valence-corrected chi connectivity index (χ2v) is 11.0. The first kappa shape index (κ1) is 27.1. The van der Waals surface area contributed by atoms with Crippen molar-refractivity contribution in [1.82, 2.24) is 10.6 Å². The molecule has 198 valence electrons. The third kappa shape index (κ3) is 5.83. The third-order valence-corrected chi connectivity index (χ3v) is 7.59. The highest BCUT2D eigenvalue weighted by Gasteiger charge is 2.37. The number of hydrogen-bond donors (Lipinski definition) is 3. The Bertz CT molecular complexity index is 1190. The number of benzodiazepines with no additional fused rings is 1. The first-order chi connectivity index (χ1) is 17.3. The second kappa shape index (κ2) is 11.2. The summed E-state index contributed by atoms with van der Waals surface area (Å²) in [5, 5.41) is 9.43. The molecule has 3 N–H and O–H groups in total. The molecule has 0 radical (unpaired) electrons. The van der Waals surface area contributed by atoms with Crippen molar-refractivity contribution in [3.05, 3.63) is 59.2 Å². The number of nitrogens with one attached hydrogen (secondary N) is 3. The highest BCUT2D eigenvalue weighted by Crippen LogP contribution is 2.34. The molecule has 1 saturated heterocycles. The van der Waals surface area contributed by atoms with Crippen molar-refractivity contribution >= 4 is 41.4 Å². The number of hydrogen-bond acceptors (Lipinski definition) is 4. The maximum absolute atomic E-state index is 13.8. The Kier molecular flexibility index (Phi) is 8.24. The minimum absolute atomic E-state index is 0. The average Bonchev–Trinajstić information content (AvgIpc) is 3.28. The summed E-state index contributed by atoms with van der Waals surface area (Å²) in [6, 6.07) is 13.6. The lowest BCUT2D eigenvalue weighted by molar-refractivity contribution is -0.120. The van der Waals surface area contributed by atoms with Crippen LogP contribution in [0.3, 0.4) is 0 Å². The average molecular weight is 524 g/mol. The Labute approximate surface area is 225 Å². The smallest absolute Gasteiger partial charge is 0.309 e. The molecule has 0 bridgehead atoms. The summed E-state index contributed by atoms with van der Waals surface area (Å²) < 4.78 is 0. The molecule has 0 spiro atoms. The molecule has 3 amide bonds. The minimum atomic E-state index is -1.000. The highest BCUT2D eigenvalue weighted by molar-refractivity contribution is 6.15. The van der Waals surface area contributed by atoms with Crippen LogP contribution in [-0.4, -0.2) is 42.9 Å². The van der Waals surface area contributed by atoms with Crippen LogP contribution < -0.4 is 20.9 Å². The molecule has 0 saturated carbocycles. The normalized spacial score (nSPS) is 22.2. The zero-order valence-electron chi connectivity index (χ0n) is 22.0. The Morgan fingerprint density at radius 3 is 2.73 bits per heavy atom. The summed E-state index contributed by atoms with van der Waals surface area (Å²) >= 11 is 0. The zero-order chi connectivity index (χ0) is 25.3. The maximum Gasteiger partial charge on any atom is 0.321 e. The van der Waals surface area contributed by atoms with Gasteiger partial charge < -0.3 is 20.9 Å². The lowest BCUT2D eigenvalue weighted by Crippen LogP contribution is -2.50. The van der Waals surface area contributed by atoms with Crippen LogP contribution in [0.4, 0.5) is 16.2 Å². The summed E-state index contributed by atoms with van der Waals surface area (Å²) in [7, 11) is 0. The fourth-order valence-electron chi connectivity index (χ4n) is 5.73. The van der Waals surface area contributed by atoms with Crippen molar-refractivity contribution in [1.29, 1.82) is 0 Å². The van der Waals surface area contributed by atoms with Gasteiger partial charge in [0, 0.05) is 17.8 Å². The molecule has 2 aliphatic heterocycles. The zero-order valence-corrected chi connectivity index (χ0v) is 22.8. The van der Waals surface area contributed by atoms with Gasteiger partial charge in [0.05, 0.1) is 17.4 Å². The first-order valence-electron chi connectivity index (χ1n) is 13.3. The van der Waals surface area contributed by atoms with E-state index >= 15 is 0 Å². The summed E-state index contributed by atoms with van der Waals surface area (Å²) in [5.74, 6) is -0.210. The van der Waals surface area contributed by atoms with E-state index in [0.29, 0.717) is 6.54 Å². The van der Waals surface area contributed by atoms with E-state index in [-0.39, 0.29) is 29.8 Å². The molecular weight excluding hydrogens is 486 g/mol. The number of halogens is 1. The number of amides is 3. The molecule has 2 aromatic rings. The van der Waals surface area contributed by atoms with Gasteiger partial charge in [-0.3, -0.25) is 9.79 Å². The molecule has 1 fully saturated rings. The van der Waals surface area contributed by atoms with Gasteiger partial charge >= 0.3 is 6.03 Å². The Morgan fingerprint density at radius 1 is 1.16 bits per heavy atom. The van der Waals surface area contributed by atoms with Crippen LogP contribution in [0, 0.1) is 5.41 Å². The van der Waals surface area contributed by atoms with Crippen LogP contribution in [0.15, 0.2) is 47.5 Å². The standard InChI is InChI=1S/C29H37N5O2.ClH/c1-4-16-34-24-11-6-5-10-22(24)25(23-18-29(2,3)14-15-30-23)32-26(27(34)35)33-28(36)31-21-13-12-19-8-7-9-20(19)17-21;/h5-6,10-13,17,23,26,30H,4,7-9,14-16,18H2,1-3H3,(H2,31,33,36);1H.